The number of likely N-dealkylation sites (tertiary alicyclic amines) is 1. The molecule has 1 saturated heterocycles. The van der Waals surface area contributed by atoms with Crippen LogP contribution in [0.1, 0.15) is 49.8 Å². The topological polar surface area (TPSA) is 45.6 Å². The summed E-state index contributed by atoms with van der Waals surface area (Å²) in [5.41, 5.74) is 3.29. The number of pyridine rings is 1. The second kappa shape index (κ2) is 10.9. The number of aliphatic hydroxyl groups is 1. The van der Waals surface area contributed by atoms with Gasteiger partial charge >= 0.3 is 0 Å². The van der Waals surface area contributed by atoms with Crippen LogP contribution < -0.4 is 4.74 Å². The van der Waals surface area contributed by atoms with Crippen molar-refractivity contribution >= 4 is 10.9 Å². The highest BCUT2D eigenvalue weighted by Crippen LogP contribution is 2.34. The molecule has 3 atom stereocenters. The lowest BCUT2D eigenvalue weighted by molar-refractivity contribution is 0.0921. The van der Waals surface area contributed by atoms with Crippen molar-refractivity contribution in [3.8, 4) is 5.75 Å². The Kier molecular flexibility index (Phi) is 7.77. The molecule has 4 heteroatoms. The lowest BCUT2D eigenvalue weighted by atomic mass is 9.79. The van der Waals surface area contributed by atoms with E-state index in [9.17, 15) is 5.11 Å². The Hall–Kier alpha value is -2.43. The molecule has 0 radical (unpaired) electrons. The van der Waals surface area contributed by atoms with Crippen LogP contribution >= 0.6 is 0 Å². The Labute approximate surface area is 192 Å². The zero-order valence-electron chi connectivity index (χ0n) is 19.4. The smallest absolute Gasteiger partial charge is 0.119 e. The molecule has 4 rings (SSSR count). The Balaban J connectivity index is 1.34. The average Bonchev–Trinajstić information content (AvgIpc) is 2.86. The summed E-state index contributed by atoms with van der Waals surface area (Å²) in [5.74, 6) is 2.19. The third-order valence-corrected chi connectivity index (χ3v) is 7.21. The summed E-state index contributed by atoms with van der Waals surface area (Å²) >= 11 is 0. The van der Waals surface area contributed by atoms with Gasteiger partial charge in [-0.25, -0.2) is 0 Å². The third-order valence-electron chi connectivity index (χ3n) is 7.21. The molecule has 1 unspecified atom stereocenters. The highest BCUT2D eigenvalue weighted by atomic mass is 16.5. The van der Waals surface area contributed by atoms with Crippen molar-refractivity contribution in [2.75, 3.05) is 26.7 Å². The maximum atomic E-state index is 11.1. The van der Waals surface area contributed by atoms with Gasteiger partial charge in [-0.05, 0) is 79.5 Å². The molecule has 0 spiro atoms. The van der Waals surface area contributed by atoms with E-state index in [0.29, 0.717) is 11.8 Å². The zero-order valence-corrected chi connectivity index (χ0v) is 19.4. The van der Waals surface area contributed by atoms with Gasteiger partial charge in [-0.15, -0.1) is 0 Å². The van der Waals surface area contributed by atoms with Crippen molar-refractivity contribution in [1.29, 1.82) is 0 Å². The van der Waals surface area contributed by atoms with Gasteiger partial charge in [0.2, 0.25) is 0 Å². The number of hydrogen-bond donors (Lipinski definition) is 1. The maximum absolute atomic E-state index is 11.1. The molecule has 4 nitrogen and oxygen atoms in total. The van der Waals surface area contributed by atoms with Crippen LogP contribution in [-0.2, 0) is 6.42 Å². The van der Waals surface area contributed by atoms with E-state index in [1.807, 2.05) is 24.3 Å². The van der Waals surface area contributed by atoms with Crippen LogP contribution in [0.3, 0.4) is 0 Å². The Bertz CT molecular complexity index is 991. The highest BCUT2D eigenvalue weighted by molar-refractivity contribution is 5.83. The fourth-order valence-corrected chi connectivity index (χ4v) is 5.23. The largest absolute Gasteiger partial charge is 0.497 e. The summed E-state index contributed by atoms with van der Waals surface area (Å²) in [4.78, 5) is 7.09. The first-order valence-electron chi connectivity index (χ1n) is 12.0. The lowest BCUT2D eigenvalue weighted by Gasteiger charge is -2.39. The fourth-order valence-electron chi connectivity index (χ4n) is 5.23. The normalized spacial score (nSPS) is 20.3. The van der Waals surface area contributed by atoms with E-state index in [1.165, 1.54) is 31.5 Å². The van der Waals surface area contributed by atoms with E-state index in [0.717, 1.165) is 48.0 Å². The minimum Gasteiger partial charge on any atom is -0.497 e. The van der Waals surface area contributed by atoms with Gasteiger partial charge in [-0.2, -0.15) is 0 Å². The molecule has 1 fully saturated rings. The predicted molar refractivity (Wildman–Crippen MR) is 131 cm³/mol. The summed E-state index contributed by atoms with van der Waals surface area (Å²) < 4.78 is 5.38. The number of hydrogen-bond acceptors (Lipinski definition) is 4. The molecule has 2 heterocycles. The van der Waals surface area contributed by atoms with Crippen molar-refractivity contribution < 1.29 is 9.84 Å². The molecule has 1 aromatic heterocycles. The first-order chi connectivity index (χ1) is 15.7. The quantitative estimate of drug-likeness (QED) is 0.475. The molecule has 0 bridgehead atoms. The molecule has 0 aliphatic carbocycles. The number of rotatable bonds is 9. The third kappa shape index (κ3) is 5.48. The number of aliphatic hydroxyl groups excluding tert-OH is 1. The lowest BCUT2D eigenvalue weighted by Crippen LogP contribution is -2.41. The molecular formula is C28H36N2O2. The maximum Gasteiger partial charge on any atom is 0.119 e. The summed E-state index contributed by atoms with van der Waals surface area (Å²) in [5, 5.41) is 12.0. The Morgan fingerprint density at radius 2 is 1.97 bits per heavy atom. The number of benzene rings is 2. The van der Waals surface area contributed by atoms with Crippen molar-refractivity contribution in [1.82, 2.24) is 9.88 Å². The number of nitrogens with zero attached hydrogens (tertiary/aromatic N) is 2. The molecule has 1 N–H and O–H groups in total. The Morgan fingerprint density at radius 3 is 2.75 bits per heavy atom. The summed E-state index contributed by atoms with van der Waals surface area (Å²) in [6.45, 7) is 5.80. The number of aromatic nitrogens is 1. The van der Waals surface area contributed by atoms with Crippen molar-refractivity contribution in [2.24, 2.45) is 11.8 Å². The highest BCUT2D eigenvalue weighted by Gasteiger charge is 2.28. The Morgan fingerprint density at radius 1 is 1.12 bits per heavy atom. The molecular weight excluding hydrogens is 396 g/mol. The van der Waals surface area contributed by atoms with Crippen molar-refractivity contribution in [2.45, 2.75) is 45.1 Å². The van der Waals surface area contributed by atoms with Crippen LogP contribution in [0.2, 0.25) is 0 Å². The first kappa shape index (κ1) is 22.8. The van der Waals surface area contributed by atoms with Gasteiger partial charge in [-0.1, -0.05) is 43.7 Å². The van der Waals surface area contributed by atoms with Gasteiger partial charge in [-0.3, -0.25) is 4.98 Å². The molecule has 1 aliphatic rings. The van der Waals surface area contributed by atoms with E-state index < -0.39 is 6.10 Å². The molecule has 0 amide bonds. The molecule has 3 aromatic rings. The van der Waals surface area contributed by atoms with Crippen LogP contribution in [0.4, 0.5) is 0 Å². The molecule has 2 aromatic carbocycles. The molecule has 1 aliphatic heterocycles. The van der Waals surface area contributed by atoms with E-state index in [-0.39, 0.29) is 0 Å². The van der Waals surface area contributed by atoms with E-state index in [1.54, 1.807) is 13.3 Å². The van der Waals surface area contributed by atoms with Gasteiger partial charge in [0, 0.05) is 24.7 Å². The number of methoxy groups -OCH3 is 1. The molecule has 170 valence electrons. The fraction of sp³-hybridized carbons (Fsp3) is 0.464. The van der Waals surface area contributed by atoms with Crippen LogP contribution in [-0.4, -0.2) is 41.7 Å². The molecule has 0 saturated carbocycles. The number of ether oxygens (including phenoxy) is 1. The minimum absolute atomic E-state index is 0.471. The SMILES string of the molecule is CC[C@H]1CN(CCc2ccccc2)CC[C@H]1CCC(O)c1ccnc2ccc(OC)cc12. The zero-order chi connectivity index (χ0) is 22.3. The van der Waals surface area contributed by atoms with Crippen LogP contribution in [0.15, 0.2) is 60.8 Å². The number of piperidine rings is 1. The van der Waals surface area contributed by atoms with E-state index in [2.05, 4.69) is 47.1 Å². The van der Waals surface area contributed by atoms with Crippen LogP contribution in [0, 0.1) is 11.8 Å². The number of fused-ring (bicyclic) bond motifs is 1. The van der Waals surface area contributed by atoms with Gasteiger partial charge < -0.3 is 14.7 Å². The first-order valence-corrected chi connectivity index (χ1v) is 12.0. The molecule has 32 heavy (non-hydrogen) atoms. The van der Waals surface area contributed by atoms with Crippen LogP contribution in [0.5, 0.6) is 5.75 Å². The van der Waals surface area contributed by atoms with Crippen molar-refractivity contribution in [3.63, 3.8) is 0 Å². The summed E-state index contributed by atoms with van der Waals surface area (Å²) in [7, 11) is 1.67. The minimum atomic E-state index is -0.471. The van der Waals surface area contributed by atoms with Crippen molar-refractivity contribution in [3.05, 3.63) is 71.9 Å². The summed E-state index contributed by atoms with van der Waals surface area (Å²) in [6.07, 6.45) is 6.75. The van der Waals surface area contributed by atoms with Gasteiger partial charge in [0.1, 0.15) is 5.75 Å². The summed E-state index contributed by atoms with van der Waals surface area (Å²) in [6, 6.07) is 18.6. The van der Waals surface area contributed by atoms with Gasteiger partial charge in [0.15, 0.2) is 0 Å². The van der Waals surface area contributed by atoms with E-state index >= 15 is 0 Å². The second-order valence-corrected chi connectivity index (χ2v) is 9.13. The van der Waals surface area contributed by atoms with E-state index in [4.69, 9.17) is 4.74 Å². The average molecular weight is 433 g/mol. The predicted octanol–water partition coefficient (Wildman–Crippen LogP) is 5.65. The standard InChI is InChI=1S/C28H36N2O2/c1-3-22-20-30(17-14-21-7-5-4-6-8-21)18-15-23(22)9-12-28(31)25-13-16-29-27-11-10-24(32-2)19-26(25)27/h4-8,10-11,13,16,19,22-23,28,31H,3,9,12,14-15,17-18,20H2,1-2H3/t22-,23+,28?/m0/s1. The monoisotopic (exact) mass is 432 g/mol. The van der Waals surface area contributed by atoms with Gasteiger partial charge in [0.25, 0.3) is 0 Å². The second-order valence-electron chi connectivity index (χ2n) is 9.13. The van der Waals surface area contributed by atoms with Gasteiger partial charge in [0.05, 0.1) is 18.7 Å². The van der Waals surface area contributed by atoms with Crippen LogP contribution in [0.25, 0.3) is 10.9 Å².